The second-order valence-corrected chi connectivity index (χ2v) is 6.88. The Hall–Kier alpha value is -0.730. The lowest BCUT2D eigenvalue weighted by Gasteiger charge is -2.24. The van der Waals surface area contributed by atoms with Crippen molar-refractivity contribution in [2.75, 3.05) is 0 Å². The van der Waals surface area contributed by atoms with Crippen LogP contribution in [0.2, 0.25) is 0 Å². The van der Waals surface area contributed by atoms with Crippen LogP contribution < -0.4 is 5.32 Å². The first-order valence-corrected chi connectivity index (χ1v) is 7.71. The summed E-state index contributed by atoms with van der Waals surface area (Å²) in [4.78, 5) is 11.7. The van der Waals surface area contributed by atoms with Crippen molar-refractivity contribution in [3.63, 3.8) is 0 Å². The minimum atomic E-state index is -0.278. The van der Waals surface area contributed by atoms with E-state index in [-0.39, 0.29) is 23.7 Å². The molecule has 0 fully saturated rings. The van der Waals surface area contributed by atoms with Gasteiger partial charge < -0.3 is 10.1 Å². The molecule has 0 aliphatic heterocycles. The highest BCUT2D eigenvalue weighted by atomic mass is 16.6. The standard InChI is InChI=1S/C16H33NO2/c1-7-8-9-10-11-13(2)17-15(18)19-14(3)12-16(4,5)6/h13-14H,7-12H2,1-6H3,(H,17,18). The fourth-order valence-corrected chi connectivity index (χ4v) is 2.27. The van der Waals surface area contributed by atoms with Crippen molar-refractivity contribution in [2.45, 2.75) is 92.2 Å². The molecule has 0 saturated heterocycles. The molecule has 0 aromatic carbocycles. The Labute approximate surface area is 119 Å². The van der Waals surface area contributed by atoms with Gasteiger partial charge in [-0.3, -0.25) is 0 Å². The smallest absolute Gasteiger partial charge is 0.407 e. The van der Waals surface area contributed by atoms with Gasteiger partial charge in [0, 0.05) is 6.04 Å². The number of hydrogen-bond donors (Lipinski definition) is 1. The first-order chi connectivity index (χ1) is 8.74. The molecule has 0 aromatic rings. The molecule has 0 radical (unpaired) electrons. The summed E-state index contributed by atoms with van der Waals surface area (Å²) in [5.41, 5.74) is 0.186. The van der Waals surface area contributed by atoms with E-state index < -0.39 is 0 Å². The second kappa shape index (κ2) is 9.22. The van der Waals surface area contributed by atoms with Gasteiger partial charge in [0.05, 0.1) is 0 Å². The number of unbranched alkanes of at least 4 members (excludes halogenated alkanes) is 3. The van der Waals surface area contributed by atoms with Crippen molar-refractivity contribution in [1.82, 2.24) is 5.32 Å². The maximum atomic E-state index is 11.7. The van der Waals surface area contributed by atoms with Gasteiger partial charge >= 0.3 is 6.09 Å². The molecule has 0 aromatic heterocycles. The van der Waals surface area contributed by atoms with E-state index in [1.165, 1.54) is 25.7 Å². The second-order valence-electron chi connectivity index (χ2n) is 6.88. The van der Waals surface area contributed by atoms with Crippen molar-refractivity contribution in [2.24, 2.45) is 5.41 Å². The molecule has 0 aliphatic rings. The number of amides is 1. The summed E-state index contributed by atoms with van der Waals surface area (Å²) in [6.07, 6.45) is 6.54. The maximum absolute atomic E-state index is 11.7. The van der Waals surface area contributed by atoms with Crippen LogP contribution in [-0.2, 0) is 4.74 Å². The van der Waals surface area contributed by atoms with Crippen LogP contribution in [0.5, 0.6) is 0 Å². The average molecular weight is 271 g/mol. The van der Waals surface area contributed by atoms with E-state index in [0.717, 1.165) is 12.8 Å². The van der Waals surface area contributed by atoms with Gasteiger partial charge in [0.25, 0.3) is 0 Å². The minimum absolute atomic E-state index is 0.0349. The van der Waals surface area contributed by atoms with E-state index >= 15 is 0 Å². The van der Waals surface area contributed by atoms with Gasteiger partial charge in [-0.15, -0.1) is 0 Å². The zero-order valence-electron chi connectivity index (χ0n) is 13.7. The highest BCUT2D eigenvalue weighted by Crippen LogP contribution is 2.22. The molecule has 0 rings (SSSR count). The molecule has 0 saturated carbocycles. The largest absolute Gasteiger partial charge is 0.447 e. The molecular formula is C16H33NO2. The fourth-order valence-electron chi connectivity index (χ4n) is 2.27. The van der Waals surface area contributed by atoms with Gasteiger partial charge in [0.2, 0.25) is 0 Å². The molecule has 1 amide bonds. The van der Waals surface area contributed by atoms with Crippen LogP contribution in [-0.4, -0.2) is 18.2 Å². The predicted molar refractivity (Wildman–Crippen MR) is 81.4 cm³/mol. The summed E-state index contributed by atoms with van der Waals surface area (Å²) >= 11 is 0. The van der Waals surface area contributed by atoms with Gasteiger partial charge in [-0.1, -0.05) is 53.4 Å². The van der Waals surface area contributed by atoms with Crippen LogP contribution in [0.15, 0.2) is 0 Å². The molecule has 0 heterocycles. The summed E-state index contributed by atoms with van der Waals surface area (Å²) < 4.78 is 5.37. The van der Waals surface area contributed by atoms with Crippen molar-refractivity contribution >= 4 is 6.09 Å². The fraction of sp³-hybridized carbons (Fsp3) is 0.938. The van der Waals surface area contributed by atoms with Gasteiger partial charge in [0.1, 0.15) is 6.10 Å². The first kappa shape index (κ1) is 18.3. The number of carbonyl (C=O) groups excluding carboxylic acids is 1. The van der Waals surface area contributed by atoms with Crippen LogP contribution in [0.4, 0.5) is 4.79 Å². The highest BCUT2D eigenvalue weighted by molar-refractivity contribution is 5.67. The van der Waals surface area contributed by atoms with E-state index in [0.29, 0.717) is 0 Å². The normalized spacial score (nSPS) is 14.8. The van der Waals surface area contributed by atoms with Crippen molar-refractivity contribution in [3.05, 3.63) is 0 Å². The molecular weight excluding hydrogens is 238 g/mol. The molecule has 3 nitrogen and oxygen atoms in total. The topological polar surface area (TPSA) is 38.3 Å². The molecule has 2 unspecified atom stereocenters. The monoisotopic (exact) mass is 271 g/mol. The number of ether oxygens (including phenoxy) is 1. The average Bonchev–Trinajstić information content (AvgIpc) is 2.21. The van der Waals surface area contributed by atoms with Crippen LogP contribution in [0.3, 0.4) is 0 Å². The molecule has 2 atom stereocenters. The van der Waals surface area contributed by atoms with Crippen molar-refractivity contribution in [3.8, 4) is 0 Å². The Morgan fingerprint density at radius 3 is 2.32 bits per heavy atom. The quantitative estimate of drug-likeness (QED) is 0.638. The lowest BCUT2D eigenvalue weighted by Crippen LogP contribution is -2.35. The Bertz CT molecular complexity index is 246. The Morgan fingerprint density at radius 2 is 1.79 bits per heavy atom. The van der Waals surface area contributed by atoms with Gasteiger partial charge in [-0.2, -0.15) is 0 Å². The zero-order valence-corrected chi connectivity index (χ0v) is 13.7. The van der Waals surface area contributed by atoms with Gasteiger partial charge in [-0.05, 0) is 32.1 Å². The SMILES string of the molecule is CCCCCCC(C)NC(=O)OC(C)CC(C)(C)C. The third-order valence-electron chi connectivity index (χ3n) is 3.06. The number of rotatable bonds is 8. The molecule has 114 valence electrons. The number of alkyl carbamates (subject to hydrolysis) is 1. The predicted octanol–water partition coefficient (Wildman–Crippen LogP) is 4.90. The number of hydrogen-bond acceptors (Lipinski definition) is 2. The molecule has 3 heteroatoms. The van der Waals surface area contributed by atoms with E-state index in [1.54, 1.807) is 0 Å². The first-order valence-electron chi connectivity index (χ1n) is 7.71. The van der Waals surface area contributed by atoms with Gasteiger partial charge in [-0.25, -0.2) is 4.79 Å². The Morgan fingerprint density at radius 1 is 1.16 bits per heavy atom. The summed E-state index contributed by atoms with van der Waals surface area (Å²) in [6.45, 7) is 12.7. The summed E-state index contributed by atoms with van der Waals surface area (Å²) in [5, 5.41) is 2.91. The van der Waals surface area contributed by atoms with Crippen molar-refractivity contribution in [1.29, 1.82) is 0 Å². The van der Waals surface area contributed by atoms with Crippen LogP contribution in [0.25, 0.3) is 0 Å². The zero-order chi connectivity index (χ0) is 14.9. The lowest BCUT2D eigenvalue weighted by atomic mass is 9.90. The third-order valence-corrected chi connectivity index (χ3v) is 3.06. The number of nitrogens with one attached hydrogen (secondary N) is 1. The summed E-state index contributed by atoms with van der Waals surface area (Å²) in [7, 11) is 0. The molecule has 0 spiro atoms. The Kier molecular flexibility index (Phi) is 8.86. The van der Waals surface area contributed by atoms with E-state index in [9.17, 15) is 4.79 Å². The van der Waals surface area contributed by atoms with E-state index in [4.69, 9.17) is 4.74 Å². The van der Waals surface area contributed by atoms with E-state index in [2.05, 4.69) is 33.0 Å². The molecule has 0 bridgehead atoms. The lowest BCUT2D eigenvalue weighted by molar-refractivity contribution is 0.0801. The third kappa shape index (κ3) is 12.1. The summed E-state index contributed by atoms with van der Waals surface area (Å²) in [6, 6.07) is 0.200. The van der Waals surface area contributed by atoms with Crippen LogP contribution >= 0.6 is 0 Å². The van der Waals surface area contributed by atoms with Gasteiger partial charge in [0.15, 0.2) is 0 Å². The molecule has 19 heavy (non-hydrogen) atoms. The van der Waals surface area contributed by atoms with Crippen molar-refractivity contribution < 1.29 is 9.53 Å². The number of carbonyl (C=O) groups is 1. The van der Waals surface area contributed by atoms with E-state index in [1.807, 2.05) is 13.8 Å². The van der Waals surface area contributed by atoms with Crippen LogP contribution in [0, 0.1) is 5.41 Å². The summed E-state index contributed by atoms with van der Waals surface area (Å²) in [5.74, 6) is 0. The Balaban J connectivity index is 3.78. The molecule has 0 aliphatic carbocycles. The van der Waals surface area contributed by atoms with Crippen LogP contribution in [0.1, 0.15) is 80.1 Å². The maximum Gasteiger partial charge on any atom is 0.407 e. The minimum Gasteiger partial charge on any atom is -0.447 e. The molecule has 1 N–H and O–H groups in total. The highest BCUT2D eigenvalue weighted by Gasteiger charge is 2.18.